The first-order valence-electron chi connectivity index (χ1n) is 6.74. The molecule has 0 aromatic carbocycles. The Morgan fingerprint density at radius 2 is 1.70 bits per heavy atom. The monoisotopic (exact) mass is 270 g/mol. The molecule has 0 amide bonds. The quantitative estimate of drug-likeness (QED) is 0.880. The summed E-state index contributed by atoms with van der Waals surface area (Å²) in [5, 5.41) is 8.35. The average molecular weight is 270 g/mol. The van der Waals surface area contributed by atoms with Crippen molar-refractivity contribution in [3.8, 4) is 0 Å². The fourth-order valence-corrected chi connectivity index (χ4v) is 2.34. The van der Waals surface area contributed by atoms with E-state index in [0.717, 1.165) is 43.4 Å². The zero-order valence-corrected chi connectivity index (χ0v) is 11.5. The maximum absolute atomic E-state index is 5.61. The van der Waals surface area contributed by atoms with Crippen LogP contribution >= 0.6 is 0 Å². The van der Waals surface area contributed by atoms with Crippen LogP contribution < -0.4 is 15.5 Å². The topological polar surface area (TPSA) is 71.2 Å². The Morgan fingerprint density at radius 3 is 2.30 bits per heavy atom. The van der Waals surface area contributed by atoms with E-state index in [1.54, 1.807) is 0 Å². The molecule has 1 fully saturated rings. The van der Waals surface area contributed by atoms with Crippen LogP contribution in [0, 0.1) is 6.92 Å². The van der Waals surface area contributed by atoms with E-state index >= 15 is 0 Å². The number of aryl methyl sites for hydroxylation is 1. The highest BCUT2D eigenvalue weighted by Gasteiger charge is 2.18. The Bertz CT molecular complexity index is 504. The van der Waals surface area contributed by atoms with Crippen LogP contribution in [-0.4, -0.2) is 41.4 Å². The third-order valence-corrected chi connectivity index (χ3v) is 3.52. The predicted molar refractivity (Wildman–Crippen MR) is 79.8 cm³/mol. The number of hydrogen-bond donors (Lipinski definition) is 1. The Hall–Kier alpha value is -2.37. The minimum Gasteiger partial charge on any atom is -0.384 e. The van der Waals surface area contributed by atoms with Crippen molar-refractivity contribution in [2.45, 2.75) is 6.92 Å². The lowest BCUT2D eigenvalue weighted by Gasteiger charge is -2.36. The van der Waals surface area contributed by atoms with Crippen LogP contribution in [0.25, 0.3) is 0 Å². The molecule has 104 valence electrons. The van der Waals surface area contributed by atoms with E-state index in [1.165, 1.54) is 0 Å². The van der Waals surface area contributed by atoms with Crippen LogP contribution in [0.15, 0.2) is 30.5 Å². The lowest BCUT2D eigenvalue weighted by Crippen LogP contribution is -2.46. The second kappa shape index (κ2) is 5.32. The third kappa shape index (κ3) is 2.64. The number of nitrogen functional groups attached to an aromatic ring is 1. The molecule has 0 bridgehead atoms. The van der Waals surface area contributed by atoms with Crippen molar-refractivity contribution in [3.05, 3.63) is 36.2 Å². The van der Waals surface area contributed by atoms with Gasteiger partial charge >= 0.3 is 0 Å². The Morgan fingerprint density at radius 1 is 0.950 bits per heavy atom. The van der Waals surface area contributed by atoms with Crippen molar-refractivity contribution in [2.75, 3.05) is 41.7 Å². The summed E-state index contributed by atoms with van der Waals surface area (Å²) in [6.45, 7) is 5.70. The first kappa shape index (κ1) is 12.7. The van der Waals surface area contributed by atoms with Crippen LogP contribution in [0.2, 0.25) is 0 Å². The third-order valence-electron chi connectivity index (χ3n) is 3.52. The van der Waals surface area contributed by atoms with Crippen molar-refractivity contribution < 1.29 is 0 Å². The van der Waals surface area contributed by atoms with E-state index in [4.69, 9.17) is 5.73 Å². The molecule has 0 atom stereocenters. The molecular weight excluding hydrogens is 252 g/mol. The predicted octanol–water partition coefficient (Wildman–Crippen LogP) is 1.09. The van der Waals surface area contributed by atoms with Gasteiger partial charge < -0.3 is 15.5 Å². The lowest BCUT2D eigenvalue weighted by molar-refractivity contribution is 0.642. The fourth-order valence-electron chi connectivity index (χ4n) is 2.34. The van der Waals surface area contributed by atoms with E-state index < -0.39 is 0 Å². The standard InChI is InChI=1S/C14H18N6/c1-11-2-5-14(18-17-11)20-8-6-19(7-9-20)12-3-4-13(15)16-10-12/h2-5,10H,6-9H2,1H3,(H2,15,16). The lowest BCUT2D eigenvalue weighted by atomic mass is 10.2. The number of piperazine rings is 1. The maximum Gasteiger partial charge on any atom is 0.151 e. The van der Waals surface area contributed by atoms with Gasteiger partial charge in [-0.1, -0.05) is 0 Å². The van der Waals surface area contributed by atoms with Gasteiger partial charge in [-0.15, -0.1) is 5.10 Å². The van der Waals surface area contributed by atoms with Crippen molar-refractivity contribution in [1.82, 2.24) is 15.2 Å². The minimum atomic E-state index is 0.558. The minimum absolute atomic E-state index is 0.558. The van der Waals surface area contributed by atoms with E-state index in [2.05, 4.69) is 25.0 Å². The van der Waals surface area contributed by atoms with Crippen LogP contribution in [0.1, 0.15) is 5.69 Å². The zero-order chi connectivity index (χ0) is 13.9. The molecule has 6 heteroatoms. The summed E-state index contributed by atoms with van der Waals surface area (Å²) in [6, 6.07) is 7.89. The molecule has 3 heterocycles. The summed E-state index contributed by atoms with van der Waals surface area (Å²) >= 11 is 0. The van der Waals surface area contributed by atoms with Crippen LogP contribution in [0.4, 0.5) is 17.3 Å². The summed E-state index contributed by atoms with van der Waals surface area (Å²) in [4.78, 5) is 8.71. The van der Waals surface area contributed by atoms with Crippen LogP contribution in [0.5, 0.6) is 0 Å². The summed E-state index contributed by atoms with van der Waals surface area (Å²) in [7, 11) is 0. The molecule has 2 aromatic heterocycles. The zero-order valence-electron chi connectivity index (χ0n) is 11.5. The smallest absolute Gasteiger partial charge is 0.151 e. The van der Waals surface area contributed by atoms with E-state index in [1.807, 2.05) is 37.4 Å². The number of pyridine rings is 1. The summed E-state index contributed by atoms with van der Waals surface area (Å²) in [5.74, 6) is 1.51. The highest BCUT2D eigenvalue weighted by atomic mass is 15.3. The van der Waals surface area contributed by atoms with Gasteiger partial charge in [0.25, 0.3) is 0 Å². The van der Waals surface area contributed by atoms with Gasteiger partial charge in [0.1, 0.15) is 5.82 Å². The highest BCUT2D eigenvalue weighted by molar-refractivity contribution is 5.50. The first-order valence-corrected chi connectivity index (χ1v) is 6.74. The fraction of sp³-hybridized carbons (Fsp3) is 0.357. The molecule has 20 heavy (non-hydrogen) atoms. The number of nitrogens with two attached hydrogens (primary N) is 1. The molecule has 0 aliphatic carbocycles. The average Bonchev–Trinajstić information content (AvgIpc) is 2.49. The van der Waals surface area contributed by atoms with Gasteiger partial charge in [-0.25, -0.2) is 4.98 Å². The van der Waals surface area contributed by atoms with Crippen molar-refractivity contribution >= 4 is 17.3 Å². The molecule has 6 nitrogen and oxygen atoms in total. The Kier molecular flexibility index (Phi) is 3.37. The normalized spacial score (nSPS) is 15.4. The van der Waals surface area contributed by atoms with Gasteiger partial charge in [-0.2, -0.15) is 5.10 Å². The number of nitrogens with zero attached hydrogens (tertiary/aromatic N) is 5. The van der Waals surface area contributed by atoms with E-state index in [-0.39, 0.29) is 0 Å². The van der Waals surface area contributed by atoms with Gasteiger partial charge in [-0.05, 0) is 31.2 Å². The van der Waals surface area contributed by atoms with E-state index in [0.29, 0.717) is 5.82 Å². The highest BCUT2D eigenvalue weighted by Crippen LogP contribution is 2.18. The summed E-state index contributed by atoms with van der Waals surface area (Å²) < 4.78 is 0. The second-order valence-corrected chi connectivity index (χ2v) is 4.95. The van der Waals surface area contributed by atoms with E-state index in [9.17, 15) is 0 Å². The first-order chi connectivity index (χ1) is 9.72. The molecule has 0 spiro atoms. The molecular formula is C14H18N6. The molecule has 2 aromatic rings. The molecule has 2 N–H and O–H groups in total. The molecule has 1 saturated heterocycles. The number of rotatable bonds is 2. The second-order valence-electron chi connectivity index (χ2n) is 4.95. The van der Waals surface area contributed by atoms with Gasteiger partial charge in [0, 0.05) is 26.2 Å². The van der Waals surface area contributed by atoms with Gasteiger partial charge in [-0.3, -0.25) is 0 Å². The molecule has 1 aliphatic rings. The maximum atomic E-state index is 5.61. The van der Waals surface area contributed by atoms with Crippen molar-refractivity contribution in [3.63, 3.8) is 0 Å². The van der Waals surface area contributed by atoms with Crippen molar-refractivity contribution in [1.29, 1.82) is 0 Å². The molecule has 1 aliphatic heterocycles. The summed E-state index contributed by atoms with van der Waals surface area (Å²) in [6.07, 6.45) is 1.83. The van der Waals surface area contributed by atoms with Gasteiger partial charge in [0.15, 0.2) is 5.82 Å². The van der Waals surface area contributed by atoms with Gasteiger partial charge in [0.05, 0.1) is 17.6 Å². The Balaban J connectivity index is 1.64. The van der Waals surface area contributed by atoms with Crippen molar-refractivity contribution in [2.24, 2.45) is 0 Å². The number of anilines is 3. The van der Waals surface area contributed by atoms with Crippen LogP contribution in [0.3, 0.4) is 0 Å². The molecule has 0 radical (unpaired) electrons. The molecule has 0 saturated carbocycles. The number of hydrogen-bond acceptors (Lipinski definition) is 6. The van der Waals surface area contributed by atoms with Crippen LogP contribution in [-0.2, 0) is 0 Å². The number of aromatic nitrogens is 3. The largest absolute Gasteiger partial charge is 0.384 e. The molecule has 0 unspecified atom stereocenters. The molecule has 3 rings (SSSR count). The summed E-state index contributed by atoms with van der Waals surface area (Å²) in [5.41, 5.74) is 7.68. The Labute approximate surface area is 118 Å². The SMILES string of the molecule is Cc1ccc(N2CCN(c3ccc(N)nc3)CC2)nn1. The van der Waals surface area contributed by atoms with Gasteiger partial charge in [0.2, 0.25) is 0 Å².